The first-order valence-corrected chi connectivity index (χ1v) is 4.82. The summed E-state index contributed by atoms with van der Waals surface area (Å²) < 4.78 is 0. The zero-order valence-corrected chi connectivity index (χ0v) is 8.05. The molecule has 0 bridgehead atoms. The topological polar surface area (TPSA) is 63.3 Å². The first-order chi connectivity index (χ1) is 5.70. The highest BCUT2D eigenvalue weighted by Gasteiger charge is 2.23. The van der Waals surface area contributed by atoms with Gasteiger partial charge < -0.3 is 10.8 Å². The van der Waals surface area contributed by atoms with E-state index in [2.05, 4.69) is 11.6 Å². The molecule has 0 amide bonds. The van der Waals surface area contributed by atoms with Crippen LogP contribution in [-0.4, -0.2) is 23.5 Å². The van der Waals surface area contributed by atoms with Gasteiger partial charge in [0.05, 0.1) is 5.92 Å². The van der Waals surface area contributed by atoms with Gasteiger partial charge >= 0.3 is 5.97 Å². The third-order valence-corrected chi connectivity index (χ3v) is 2.12. The zero-order valence-electron chi connectivity index (χ0n) is 7.29. The highest BCUT2D eigenvalue weighted by molar-refractivity contribution is 6.15. The fourth-order valence-corrected chi connectivity index (χ4v) is 1.37. The standard InChI is InChI=1S/C7H13NO2.CH3Cl/c8-6-3-1-5(2-4-6)7(9)10;1-2/h5-6H,1-4,8H2,(H,9,10);1H3/t5-,6+;. The Morgan fingerprint density at radius 2 is 1.75 bits per heavy atom. The molecular formula is C8H16ClNO2. The van der Waals surface area contributed by atoms with E-state index in [1.807, 2.05) is 0 Å². The van der Waals surface area contributed by atoms with Gasteiger partial charge in [-0.3, -0.25) is 4.79 Å². The van der Waals surface area contributed by atoms with E-state index in [1.165, 1.54) is 6.38 Å². The Morgan fingerprint density at radius 1 is 1.33 bits per heavy atom. The van der Waals surface area contributed by atoms with Crippen LogP contribution in [0.3, 0.4) is 0 Å². The first kappa shape index (κ1) is 11.7. The lowest BCUT2D eigenvalue weighted by Gasteiger charge is -2.22. The van der Waals surface area contributed by atoms with Crippen LogP contribution < -0.4 is 5.73 Å². The van der Waals surface area contributed by atoms with Crippen LogP contribution in [0.4, 0.5) is 0 Å². The number of carbonyl (C=O) groups is 1. The van der Waals surface area contributed by atoms with Crippen molar-refractivity contribution >= 4 is 17.6 Å². The minimum atomic E-state index is -0.660. The van der Waals surface area contributed by atoms with Crippen molar-refractivity contribution < 1.29 is 9.90 Å². The van der Waals surface area contributed by atoms with Crippen LogP contribution in [0.1, 0.15) is 25.7 Å². The number of carboxylic acid groups (broad SMARTS) is 1. The van der Waals surface area contributed by atoms with Gasteiger partial charge in [0.2, 0.25) is 0 Å². The highest BCUT2D eigenvalue weighted by Crippen LogP contribution is 2.22. The summed E-state index contributed by atoms with van der Waals surface area (Å²) in [6, 6.07) is 0.246. The molecule has 0 spiro atoms. The smallest absolute Gasteiger partial charge is 0.306 e. The van der Waals surface area contributed by atoms with Crippen LogP contribution in [-0.2, 0) is 4.79 Å². The second kappa shape index (κ2) is 6.26. The van der Waals surface area contributed by atoms with E-state index in [1.54, 1.807) is 0 Å². The van der Waals surface area contributed by atoms with Crippen LogP contribution in [0.15, 0.2) is 0 Å². The lowest BCUT2D eigenvalue weighted by Crippen LogP contribution is -2.29. The summed E-state index contributed by atoms with van der Waals surface area (Å²) in [5.41, 5.74) is 5.60. The van der Waals surface area contributed by atoms with E-state index in [0.717, 1.165) is 25.7 Å². The lowest BCUT2D eigenvalue weighted by molar-refractivity contribution is -0.142. The van der Waals surface area contributed by atoms with Gasteiger partial charge in [-0.1, -0.05) is 0 Å². The van der Waals surface area contributed by atoms with E-state index in [4.69, 9.17) is 10.8 Å². The van der Waals surface area contributed by atoms with Crippen molar-refractivity contribution in [3.8, 4) is 0 Å². The van der Waals surface area contributed by atoms with Crippen molar-refractivity contribution in [1.82, 2.24) is 0 Å². The van der Waals surface area contributed by atoms with Crippen LogP contribution in [0.2, 0.25) is 0 Å². The second-order valence-corrected chi connectivity index (χ2v) is 2.95. The van der Waals surface area contributed by atoms with Crippen molar-refractivity contribution in [3.05, 3.63) is 0 Å². The molecule has 0 aliphatic heterocycles. The summed E-state index contributed by atoms with van der Waals surface area (Å²) in [4.78, 5) is 10.4. The molecule has 0 radical (unpaired) electrons. The van der Waals surface area contributed by atoms with Gasteiger partial charge in [0.15, 0.2) is 0 Å². The van der Waals surface area contributed by atoms with E-state index < -0.39 is 5.97 Å². The van der Waals surface area contributed by atoms with Crippen molar-refractivity contribution in [2.75, 3.05) is 6.38 Å². The Balaban J connectivity index is 0.000000561. The quantitative estimate of drug-likeness (QED) is 0.620. The fourth-order valence-electron chi connectivity index (χ4n) is 1.37. The Labute approximate surface area is 77.9 Å². The van der Waals surface area contributed by atoms with Gasteiger partial charge in [0.1, 0.15) is 0 Å². The number of hydrogen-bond donors (Lipinski definition) is 2. The summed E-state index contributed by atoms with van der Waals surface area (Å²) in [6.45, 7) is 0. The molecule has 1 aliphatic rings. The number of halogens is 1. The maximum atomic E-state index is 10.4. The number of alkyl halides is 1. The molecule has 1 rings (SSSR count). The van der Waals surface area contributed by atoms with Crippen LogP contribution in [0.5, 0.6) is 0 Å². The molecular weight excluding hydrogens is 178 g/mol. The van der Waals surface area contributed by atoms with Crippen molar-refractivity contribution in [3.63, 3.8) is 0 Å². The molecule has 0 aromatic carbocycles. The predicted molar refractivity (Wildman–Crippen MR) is 49.3 cm³/mol. The van der Waals surface area contributed by atoms with Gasteiger partial charge in [-0.2, -0.15) is 0 Å². The first-order valence-electron chi connectivity index (χ1n) is 4.06. The van der Waals surface area contributed by atoms with Gasteiger partial charge in [-0.25, -0.2) is 0 Å². The number of nitrogens with two attached hydrogens (primary N) is 1. The number of rotatable bonds is 1. The molecule has 0 heterocycles. The summed E-state index contributed by atoms with van der Waals surface area (Å²) in [5, 5.41) is 8.58. The Kier molecular flexibility index (Phi) is 6.11. The third-order valence-electron chi connectivity index (χ3n) is 2.12. The molecule has 3 N–H and O–H groups in total. The van der Waals surface area contributed by atoms with E-state index in [0.29, 0.717) is 0 Å². The molecule has 0 unspecified atom stereocenters. The molecule has 0 saturated heterocycles. The summed E-state index contributed by atoms with van der Waals surface area (Å²) in [5.74, 6) is -0.785. The SMILES string of the molecule is CCl.N[C@H]1CC[C@@H](C(=O)O)CC1. The molecule has 1 fully saturated rings. The molecule has 3 nitrogen and oxygen atoms in total. The average Bonchev–Trinajstić information content (AvgIpc) is 2.09. The average molecular weight is 194 g/mol. The third kappa shape index (κ3) is 3.93. The minimum absolute atomic E-state index is 0.125. The van der Waals surface area contributed by atoms with E-state index >= 15 is 0 Å². The zero-order chi connectivity index (χ0) is 9.56. The van der Waals surface area contributed by atoms with Gasteiger partial charge in [-0.05, 0) is 25.7 Å². The summed E-state index contributed by atoms with van der Waals surface area (Å²) >= 11 is 4.64. The molecule has 4 heteroatoms. The van der Waals surface area contributed by atoms with E-state index in [9.17, 15) is 4.79 Å². The molecule has 12 heavy (non-hydrogen) atoms. The number of hydrogen-bond acceptors (Lipinski definition) is 2. The summed E-state index contributed by atoms with van der Waals surface area (Å²) in [7, 11) is 0. The van der Waals surface area contributed by atoms with Crippen LogP contribution in [0, 0.1) is 5.92 Å². The Bertz CT molecular complexity index is 133. The highest BCUT2D eigenvalue weighted by atomic mass is 35.5. The minimum Gasteiger partial charge on any atom is -0.481 e. The van der Waals surface area contributed by atoms with Gasteiger partial charge in [0, 0.05) is 12.4 Å². The lowest BCUT2D eigenvalue weighted by atomic mass is 9.87. The molecule has 72 valence electrons. The number of aliphatic carboxylic acids is 1. The summed E-state index contributed by atoms with van der Waals surface area (Å²) in [6.07, 6.45) is 4.74. The van der Waals surface area contributed by atoms with Crippen LogP contribution >= 0.6 is 11.6 Å². The normalized spacial score (nSPS) is 28.6. The Hall–Kier alpha value is -0.280. The Morgan fingerprint density at radius 3 is 2.08 bits per heavy atom. The van der Waals surface area contributed by atoms with Gasteiger partial charge in [-0.15, -0.1) is 11.6 Å². The second-order valence-electron chi connectivity index (χ2n) is 2.95. The van der Waals surface area contributed by atoms with Gasteiger partial charge in [0.25, 0.3) is 0 Å². The molecule has 0 atom stereocenters. The van der Waals surface area contributed by atoms with Crippen molar-refractivity contribution in [1.29, 1.82) is 0 Å². The predicted octanol–water partition coefficient (Wildman–Crippen LogP) is 1.44. The fraction of sp³-hybridized carbons (Fsp3) is 0.875. The number of carboxylic acids is 1. The van der Waals surface area contributed by atoms with Crippen LogP contribution in [0.25, 0.3) is 0 Å². The van der Waals surface area contributed by atoms with Crippen molar-refractivity contribution in [2.24, 2.45) is 11.7 Å². The molecule has 1 aliphatic carbocycles. The van der Waals surface area contributed by atoms with E-state index in [-0.39, 0.29) is 12.0 Å². The molecule has 0 aromatic rings. The maximum absolute atomic E-state index is 10.4. The monoisotopic (exact) mass is 193 g/mol. The maximum Gasteiger partial charge on any atom is 0.306 e. The van der Waals surface area contributed by atoms with Crippen molar-refractivity contribution in [2.45, 2.75) is 31.7 Å². The molecule has 1 saturated carbocycles. The largest absolute Gasteiger partial charge is 0.481 e. The molecule has 0 aromatic heterocycles.